The first-order valence-corrected chi connectivity index (χ1v) is 6.85. The number of benzene rings is 1. The topological polar surface area (TPSA) is 12.0 Å². The highest BCUT2D eigenvalue weighted by molar-refractivity contribution is 7.98. The number of anilines is 1. The van der Waals surface area contributed by atoms with E-state index in [2.05, 4.69) is 5.32 Å². The van der Waals surface area contributed by atoms with Gasteiger partial charge in [-0.1, -0.05) is 20.8 Å². The Labute approximate surface area is 110 Å². The molecule has 1 nitrogen and oxygen atoms in total. The number of nitrogens with one attached hydrogen (secondary N) is 1. The fraction of sp³-hybridized carbons (Fsp3) is 0.538. The van der Waals surface area contributed by atoms with E-state index in [1.54, 1.807) is 12.3 Å². The van der Waals surface area contributed by atoms with Crippen molar-refractivity contribution in [1.29, 1.82) is 0 Å². The maximum Gasteiger partial charge on any atom is 0.417 e. The second-order valence-corrected chi connectivity index (χ2v) is 6.18. The summed E-state index contributed by atoms with van der Waals surface area (Å²) in [5.41, 5.74) is -0.0414. The lowest BCUT2D eigenvalue weighted by Crippen LogP contribution is -2.19. The van der Waals surface area contributed by atoms with E-state index in [-0.39, 0.29) is 10.3 Å². The van der Waals surface area contributed by atoms with Crippen molar-refractivity contribution in [2.24, 2.45) is 5.41 Å². The van der Waals surface area contributed by atoms with E-state index in [9.17, 15) is 13.2 Å². The second kappa shape index (κ2) is 5.43. The van der Waals surface area contributed by atoms with Crippen molar-refractivity contribution in [3.8, 4) is 0 Å². The largest absolute Gasteiger partial charge is 0.417 e. The molecule has 1 rings (SSSR count). The van der Waals surface area contributed by atoms with E-state index in [0.29, 0.717) is 12.2 Å². The second-order valence-electron chi connectivity index (χ2n) is 5.33. The van der Waals surface area contributed by atoms with Crippen LogP contribution in [0, 0.1) is 5.41 Å². The molecule has 0 amide bonds. The third-order valence-corrected chi connectivity index (χ3v) is 3.12. The molecule has 0 aliphatic carbocycles. The van der Waals surface area contributed by atoms with Crippen LogP contribution < -0.4 is 5.32 Å². The first-order chi connectivity index (χ1) is 8.13. The van der Waals surface area contributed by atoms with Crippen molar-refractivity contribution < 1.29 is 13.2 Å². The molecule has 0 heterocycles. The van der Waals surface area contributed by atoms with Crippen LogP contribution in [-0.2, 0) is 6.18 Å². The van der Waals surface area contributed by atoms with Gasteiger partial charge in [0.2, 0.25) is 0 Å². The number of rotatable bonds is 3. The minimum absolute atomic E-state index is 0.0244. The van der Waals surface area contributed by atoms with Gasteiger partial charge in [0.25, 0.3) is 0 Å². The molecule has 0 spiro atoms. The molecule has 0 atom stereocenters. The van der Waals surface area contributed by atoms with E-state index in [1.165, 1.54) is 12.1 Å². The fourth-order valence-corrected chi connectivity index (χ4v) is 2.01. The monoisotopic (exact) mass is 277 g/mol. The molecule has 0 bridgehead atoms. The third kappa shape index (κ3) is 4.44. The van der Waals surface area contributed by atoms with Crippen molar-refractivity contribution in [1.82, 2.24) is 0 Å². The Morgan fingerprint density at radius 2 is 1.78 bits per heavy atom. The molecular weight excluding hydrogens is 259 g/mol. The minimum atomic E-state index is -4.31. The number of thioether (sulfide) groups is 1. The summed E-state index contributed by atoms with van der Waals surface area (Å²) in [5.74, 6) is 0. The van der Waals surface area contributed by atoms with Gasteiger partial charge in [-0.2, -0.15) is 13.2 Å². The van der Waals surface area contributed by atoms with E-state index >= 15 is 0 Å². The first kappa shape index (κ1) is 15.2. The molecule has 0 aliphatic rings. The van der Waals surface area contributed by atoms with E-state index in [4.69, 9.17) is 0 Å². The van der Waals surface area contributed by atoms with Gasteiger partial charge in [-0.15, -0.1) is 11.8 Å². The molecule has 1 N–H and O–H groups in total. The van der Waals surface area contributed by atoms with Crippen LogP contribution >= 0.6 is 11.8 Å². The van der Waals surface area contributed by atoms with Crippen LogP contribution in [0.3, 0.4) is 0 Å². The van der Waals surface area contributed by atoms with Crippen LogP contribution in [0.1, 0.15) is 26.3 Å². The lowest BCUT2D eigenvalue weighted by atomic mass is 9.97. The number of hydrogen-bond acceptors (Lipinski definition) is 2. The van der Waals surface area contributed by atoms with Crippen molar-refractivity contribution in [3.63, 3.8) is 0 Å². The standard InChI is InChI=1S/C13H18F3NS/c1-12(2,3)8-17-9-5-6-11(18-4)10(7-9)13(14,15)16/h5-7,17H,8H2,1-4H3. The zero-order chi connectivity index (χ0) is 14.0. The molecule has 0 saturated carbocycles. The Bertz CT molecular complexity index is 408. The molecule has 0 radical (unpaired) electrons. The average molecular weight is 277 g/mol. The Morgan fingerprint density at radius 3 is 2.22 bits per heavy atom. The maximum atomic E-state index is 12.8. The first-order valence-electron chi connectivity index (χ1n) is 5.62. The zero-order valence-electron chi connectivity index (χ0n) is 11.0. The van der Waals surface area contributed by atoms with Crippen LogP contribution in [0.15, 0.2) is 23.1 Å². The lowest BCUT2D eigenvalue weighted by molar-refractivity contribution is -0.139. The van der Waals surface area contributed by atoms with E-state index in [0.717, 1.165) is 11.8 Å². The van der Waals surface area contributed by atoms with Gasteiger partial charge in [-0.05, 0) is 29.9 Å². The van der Waals surface area contributed by atoms with Crippen molar-refractivity contribution in [2.75, 3.05) is 18.1 Å². The van der Waals surface area contributed by atoms with Gasteiger partial charge in [0.1, 0.15) is 0 Å². The number of hydrogen-bond donors (Lipinski definition) is 1. The molecular formula is C13H18F3NS. The van der Waals surface area contributed by atoms with Gasteiger partial charge < -0.3 is 5.32 Å². The quantitative estimate of drug-likeness (QED) is 0.790. The molecule has 102 valence electrons. The van der Waals surface area contributed by atoms with Crippen molar-refractivity contribution >= 4 is 17.4 Å². The summed E-state index contributed by atoms with van der Waals surface area (Å²) in [5, 5.41) is 3.04. The number of halogens is 3. The smallest absolute Gasteiger partial charge is 0.385 e. The average Bonchev–Trinajstić information content (AvgIpc) is 2.24. The zero-order valence-corrected chi connectivity index (χ0v) is 11.8. The summed E-state index contributed by atoms with van der Waals surface area (Å²) in [4.78, 5) is 0.254. The molecule has 18 heavy (non-hydrogen) atoms. The van der Waals surface area contributed by atoms with Gasteiger partial charge in [-0.25, -0.2) is 0 Å². The normalized spacial score (nSPS) is 12.6. The fourth-order valence-electron chi connectivity index (χ4n) is 1.41. The highest BCUT2D eigenvalue weighted by atomic mass is 32.2. The summed E-state index contributed by atoms with van der Waals surface area (Å²) in [7, 11) is 0. The van der Waals surface area contributed by atoms with Crippen molar-refractivity contribution in [2.45, 2.75) is 31.8 Å². The van der Waals surface area contributed by atoms with Gasteiger partial charge >= 0.3 is 6.18 Å². The molecule has 0 aromatic heterocycles. The van der Waals surface area contributed by atoms with Crippen LogP contribution in [-0.4, -0.2) is 12.8 Å². The Hall–Kier alpha value is -0.840. The van der Waals surface area contributed by atoms with Crippen LogP contribution in [0.25, 0.3) is 0 Å². The molecule has 0 unspecified atom stereocenters. The van der Waals surface area contributed by atoms with Gasteiger partial charge in [0.15, 0.2) is 0 Å². The minimum Gasteiger partial charge on any atom is -0.385 e. The highest BCUT2D eigenvalue weighted by Gasteiger charge is 2.33. The molecule has 1 aromatic carbocycles. The summed E-state index contributed by atoms with van der Waals surface area (Å²) < 4.78 is 38.5. The molecule has 0 saturated heterocycles. The van der Waals surface area contributed by atoms with Gasteiger partial charge in [-0.3, -0.25) is 0 Å². The predicted molar refractivity (Wildman–Crippen MR) is 71.2 cm³/mol. The third-order valence-electron chi connectivity index (χ3n) is 2.33. The summed E-state index contributed by atoms with van der Waals surface area (Å²) >= 11 is 1.11. The SMILES string of the molecule is CSc1ccc(NCC(C)(C)C)cc1C(F)(F)F. The molecule has 5 heteroatoms. The Kier molecular flexibility index (Phi) is 4.59. The Balaban J connectivity index is 2.97. The molecule has 0 aliphatic heterocycles. The van der Waals surface area contributed by atoms with Gasteiger partial charge in [0.05, 0.1) is 5.56 Å². The lowest BCUT2D eigenvalue weighted by Gasteiger charge is -2.20. The summed E-state index contributed by atoms with van der Waals surface area (Å²) in [6.07, 6.45) is -2.66. The molecule has 1 aromatic rings. The van der Waals surface area contributed by atoms with E-state index < -0.39 is 11.7 Å². The van der Waals surface area contributed by atoms with E-state index in [1.807, 2.05) is 20.8 Å². The number of alkyl halides is 3. The van der Waals surface area contributed by atoms with Crippen molar-refractivity contribution in [3.05, 3.63) is 23.8 Å². The maximum absolute atomic E-state index is 12.8. The summed E-state index contributed by atoms with van der Waals surface area (Å²) in [6.45, 7) is 6.71. The molecule has 0 fully saturated rings. The summed E-state index contributed by atoms with van der Waals surface area (Å²) in [6, 6.07) is 4.38. The van der Waals surface area contributed by atoms with Crippen LogP contribution in [0.2, 0.25) is 0 Å². The predicted octanol–water partition coefficient (Wildman–Crippen LogP) is 4.89. The Morgan fingerprint density at radius 1 is 1.17 bits per heavy atom. The van der Waals surface area contributed by atoms with Crippen LogP contribution in [0.4, 0.5) is 18.9 Å². The van der Waals surface area contributed by atoms with Crippen LogP contribution in [0.5, 0.6) is 0 Å². The van der Waals surface area contributed by atoms with Gasteiger partial charge in [0, 0.05) is 17.1 Å². The highest BCUT2D eigenvalue weighted by Crippen LogP contribution is 2.37.